The number of alkyl halides is 1. The van der Waals surface area contributed by atoms with Crippen LogP contribution in [-0.2, 0) is 11.9 Å². The highest BCUT2D eigenvalue weighted by Gasteiger charge is 2.15. The third kappa shape index (κ3) is 4.25. The molecule has 0 aromatic heterocycles. The minimum absolute atomic E-state index is 0.0446. The zero-order valence-electron chi connectivity index (χ0n) is 10.7. The first-order chi connectivity index (χ1) is 9.99. The number of rotatable bonds is 5. The molecule has 0 radical (unpaired) electrons. The zero-order valence-corrected chi connectivity index (χ0v) is 13.9. The van der Waals surface area contributed by atoms with E-state index in [4.69, 9.17) is 4.74 Å². The average molecular weight is 419 g/mol. The summed E-state index contributed by atoms with van der Waals surface area (Å²) in [6.45, 7) is 0.0446. The monoisotopic (exact) mass is 417 g/mol. The fraction of sp³-hybridized carbons (Fsp3) is 0.143. The number of ether oxygens (including phenoxy) is 1. The Morgan fingerprint density at radius 2 is 1.95 bits per heavy atom. The van der Waals surface area contributed by atoms with Gasteiger partial charge in [-0.2, -0.15) is 0 Å². The predicted molar refractivity (Wildman–Crippen MR) is 84.2 cm³/mol. The Morgan fingerprint density at radius 3 is 2.57 bits per heavy atom. The summed E-state index contributed by atoms with van der Waals surface area (Å²) < 4.78 is 19.4. The van der Waals surface area contributed by atoms with Gasteiger partial charge in [0.1, 0.15) is 12.4 Å². The van der Waals surface area contributed by atoms with Gasteiger partial charge in [-0.3, -0.25) is 10.1 Å². The largest absolute Gasteiger partial charge is 0.482 e. The highest BCUT2D eigenvalue weighted by molar-refractivity contribution is 9.10. The van der Waals surface area contributed by atoms with E-state index < -0.39 is 10.7 Å². The Hall–Kier alpha value is -1.47. The van der Waals surface area contributed by atoms with Crippen molar-refractivity contribution in [1.29, 1.82) is 0 Å². The molecule has 0 atom stereocenters. The van der Waals surface area contributed by atoms with Crippen molar-refractivity contribution >= 4 is 37.5 Å². The standard InChI is InChI=1S/C14H10Br2FNO3/c15-7-9-1-2-13(18(19)20)14(5-9)21-8-10-3-11(16)6-12(17)4-10/h1-6H,7-8H2. The van der Waals surface area contributed by atoms with Crippen molar-refractivity contribution in [3.8, 4) is 5.75 Å². The van der Waals surface area contributed by atoms with Gasteiger partial charge in [0.15, 0.2) is 5.75 Å². The summed E-state index contributed by atoms with van der Waals surface area (Å²) in [5.74, 6) is -0.232. The van der Waals surface area contributed by atoms with E-state index in [2.05, 4.69) is 31.9 Å². The highest BCUT2D eigenvalue weighted by Crippen LogP contribution is 2.29. The van der Waals surface area contributed by atoms with Crippen LogP contribution in [0.1, 0.15) is 11.1 Å². The SMILES string of the molecule is O=[N+]([O-])c1ccc(CBr)cc1OCc1cc(F)cc(Br)c1. The van der Waals surface area contributed by atoms with E-state index in [0.717, 1.165) is 5.56 Å². The number of hydrogen-bond donors (Lipinski definition) is 0. The number of hydrogen-bond acceptors (Lipinski definition) is 3. The molecule has 0 unspecified atom stereocenters. The Bertz CT molecular complexity index is 659. The third-order valence-corrected chi connectivity index (χ3v) is 3.80. The van der Waals surface area contributed by atoms with Gasteiger partial charge in [0, 0.05) is 15.9 Å². The van der Waals surface area contributed by atoms with Crippen molar-refractivity contribution in [2.45, 2.75) is 11.9 Å². The first-order valence-corrected chi connectivity index (χ1v) is 7.82. The van der Waals surface area contributed by atoms with Crippen molar-refractivity contribution in [3.63, 3.8) is 0 Å². The second kappa shape index (κ2) is 7.00. The number of nitro groups is 1. The zero-order chi connectivity index (χ0) is 15.4. The molecule has 0 aliphatic carbocycles. The second-order valence-corrected chi connectivity index (χ2v) is 5.74. The first-order valence-electron chi connectivity index (χ1n) is 5.90. The summed E-state index contributed by atoms with van der Waals surface area (Å²) in [6, 6.07) is 9.00. The van der Waals surface area contributed by atoms with Crippen LogP contribution in [0.4, 0.5) is 10.1 Å². The van der Waals surface area contributed by atoms with Crippen LogP contribution >= 0.6 is 31.9 Å². The molecule has 0 N–H and O–H groups in total. The summed E-state index contributed by atoms with van der Waals surface area (Å²) >= 11 is 6.48. The molecule has 0 bridgehead atoms. The summed E-state index contributed by atoms with van der Waals surface area (Å²) in [5.41, 5.74) is 1.33. The normalized spacial score (nSPS) is 10.4. The lowest BCUT2D eigenvalue weighted by Gasteiger charge is -2.08. The predicted octanol–water partition coefficient (Wildman–Crippen LogP) is 4.97. The van der Waals surface area contributed by atoms with E-state index in [-0.39, 0.29) is 18.0 Å². The van der Waals surface area contributed by atoms with Gasteiger partial charge in [-0.25, -0.2) is 4.39 Å². The van der Waals surface area contributed by atoms with Crippen molar-refractivity contribution in [2.24, 2.45) is 0 Å². The number of nitro benzene ring substituents is 1. The highest BCUT2D eigenvalue weighted by atomic mass is 79.9. The van der Waals surface area contributed by atoms with Gasteiger partial charge < -0.3 is 4.74 Å². The lowest BCUT2D eigenvalue weighted by atomic mass is 10.2. The van der Waals surface area contributed by atoms with Gasteiger partial charge in [0.05, 0.1) is 4.92 Å². The van der Waals surface area contributed by atoms with Crippen LogP contribution in [0.25, 0.3) is 0 Å². The van der Waals surface area contributed by atoms with Gasteiger partial charge in [-0.05, 0) is 35.4 Å². The van der Waals surface area contributed by atoms with Gasteiger partial charge in [0.25, 0.3) is 0 Å². The maximum Gasteiger partial charge on any atom is 0.310 e. The molecule has 110 valence electrons. The molecular formula is C14H10Br2FNO3. The number of benzene rings is 2. The smallest absolute Gasteiger partial charge is 0.310 e. The van der Waals surface area contributed by atoms with E-state index in [0.29, 0.717) is 15.4 Å². The summed E-state index contributed by atoms with van der Waals surface area (Å²) in [7, 11) is 0. The lowest BCUT2D eigenvalue weighted by Crippen LogP contribution is -2.00. The van der Waals surface area contributed by atoms with Crippen molar-refractivity contribution in [2.75, 3.05) is 0 Å². The van der Waals surface area contributed by atoms with Crippen molar-refractivity contribution in [3.05, 3.63) is 67.9 Å². The molecule has 0 aliphatic heterocycles. The topological polar surface area (TPSA) is 52.4 Å². The molecular weight excluding hydrogens is 409 g/mol. The molecule has 0 spiro atoms. The maximum atomic E-state index is 13.3. The van der Waals surface area contributed by atoms with Crippen LogP contribution in [-0.4, -0.2) is 4.92 Å². The Kier molecular flexibility index (Phi) is 5.30. The molecule has 7 heteroatoms. The summed E-state index contributed by atoms with van der Waals surface area (Å²) in [5, 5.41) is 11.5. The van der Waals surface area contributed by atoms with Gasteiger partial charge in [-0.1, -0.05) is 37.9 Å². The van der Waals surface area contributed by atoms with E-state index >= 15 is 0 Å². The quantitative estimate of drug-likeness (QED) is 0.391. The molecule has 0 fully saturated rings. The molecule has 2 rings (SSSR count). The molecule has 0 saturated carbocycles. The molecule has 0 heterocycles. The van der Waals surface area contributed by atoms with E-state index in [1.54, 1.807) is 18.2 Å². The molecule has 2 aromatic carbocycles. The first kappa shape index (κ1) is 15.9. The Labute approximate surface area is 137 Å². The molecule has 0 saturated heterocycles. The van der Waals surface area contributed by atoms with Crippen LogP contribution in [0, 0.1) is 15.9 Å². The van der Waals surface area contributed by atoms with Crippen molar-refractivity contribution in [1.82, 2.24) is 0 Å². The van der Waals surface area contributed by atoms with Crippen LogP contribution in [0.15, 0.2) is 40.9 Å². The van der Waals surface area contributed by atoms with Gasteiger partial charge >= 0.3 is 5.69 Å². The number of halogens is 3. The van der Waals surface area contributed by atoms with Crippen LogP contribution in [0.3, 0.4) is 0 Å². The van der Waals surface area contributed by atoms with Crippen LogP contribution in [0.5, 0.6) is 5.75 Å². The van der Waals surface area contributed by atoms with Crippen molar-refractivity contribution < 1.29 is 14.1 Å². The fourth-order valence-electron chi connectivity index (χ4n) is 1.76. The van der Waals surface area contributed by atoms with E-state index in [9.17, 15) is 14.5 Å². The second-order valence-electron chi connectivity index (χ2n) is 4.26. The molecule has 0 amide bonds. The summed E-state index contributed by atoms with van der Waals surface area (Å²) in [4.78, 5) is 10.5. The van der Waals surface area contributed by atoms with Crippen LogP contribution < -0.4 is 4.74 Å². The maximum absolute atomic E-state index is 13.3. The van der Waals surface area contributed by atoms with E-state index in [1.165, 1.54) is 18.2 Å². The van der Waals surface area contributed by atoms with E-state index in [1.807, 2.05) is 0 Å². The average Bonchev–Trinajstić information content (AvgIpc) is 2.43. The molecule has 0 aliphatic rings. The number of nitrogens with zero attached hydrogens (tertiary/aromatic N) is 1. The molecule has 4 nitrogen and oxygen atoms in total. The van der Waals surface area contributed by atoms with Gasteiger partial charge in [-0.15, -0.1) is 0 Å². The molecule has 2 aromatic rings. The molecule has 21 heavy (non-hydrogen) atoms. The van der Waals surface area contributed by atoms with Crippen LogP contribution in [0.2, 0.25) is 0 Å². The third-order valence-electron chi connectivity index (χ3n) is 2.69. The Morgan fingerprint density at radius 1 is 1.19 bits per heavy atom. The summed E-state index contributed by atoms with van der Waals surface area (Å²) in [6.07, 6.45) is 0. The lowest BCUT2D eigenvalue weighted by molar-refractivity contribution is -0.386. The van der Waals surface area contributed by atoms with Gasteiger partial charge in [0.2, 0.25) is 0 Å². The minimum Gasteiger partial charge on any atom is -0.482 e. The Balaban J connectivity index is 2.23. The minimum atomic E-state index is -0.505. The fourth-order valence-corrected chi connectivity index (χ4v) is 2.62.